The SMILES string of the molecule is CC(C)N(CC1CCCNC1)C(=O)N1CCOCC1. The lowest BCUT2D eigenvalue weighted by Gasteiger charge is -2.37. The Balaban J connectivity index is 1.91. The van der Waals surface area contributed by atoms with E-state index in [2.05, 4.69) is 19.2 Å². The molecule has 0 aromatic rings. The Morgan fingerprint density at radius 2 is 2.16 bits per heavy atom. The number of nitrogens with zero attached hydrogens (tertiary/aromatic N) is 2. The van der Waals surface area contributed by atoms with Gasteiger partial charge in [-0.25, -0.2) is 4.79 Å². The summed E-state index contributed by atoms with van der Waals surface area (Å²) in [7, 11) is 0. The molecule has 2 aliphatic rings. The van der Waals surface area contributed by atoms with E-state index in [-0.39, 0.29) is 12.1 Å². The van der Waals surface area contributed by atoms with Gasteiger partial charge in [0.25, 0.3) is 0 Å². The summed E-state index contributed by atoms with van der Waals surface area (Å²) in [5.41, 5.74) is 0. The van der Waals surface area contributed by atoms with Gasteiger partial charge in [0.1, 0.15) is 0 Å². The van der Waals surface area contributed by atoms with Crippen molar-refractivity contribution in [1.82, 2.24) is 15.1 Å². The van der Waals surface area contributed by atoms with E-state index in [4.69, 9.17) is 4.74 Å². The van der Waals surface area contributed by atoms with Gasteiger partial charge in [0.05, 0.1) is 13.2 Å². The predicted octanol–water partition coefficient (Wildman–Crippen LogP) is 1.15. The third-order valence-corrected chi connectivity index (χ3v) is 4.00. The molecule has 1 unspecified atom stereocenters. The molecule has 0 radical (unpaired) electrons. The van der Waals surface area contributed by atoms with Gasteiger partial charge in [-0.1, -0.05) is 0 Å². The first-order valence-corrected chi connectivity index (χ1v) is 7.52. The zero-order valence-electron chi connectivity index (χ0n) is 12.2. The van der Waals surface area contributed by atoms with Gasteiger partial charge < -0.3 is 19.9 Å². The Bertz CT molecular complexity index is 284. The number of morpholine rings is 1. The first-order valence-electron chi connectivity index (χ1n) is 7.52. The van der Waals surface area contributed by atoms with Crippen LogP contribution >= 0.6 is 0 Å². The third-order valence-electron chi connectivity index (χ3n) is 4.00. The summed E-state index contributed by atoms with van der Waals surface area (Å²) in [6, 6.07) is 0.446. The molecule has 2 fully saturated rings. The monoisotopic (exact) mass is 269 g/mol. The minimum Gasteiger partial charge on any atom is -0.378 e. The van der Waals surface area contributed by atoms with Crippen molar-refractivity contribution in [2.45, 2.75) is 32.7 Å². The molecule has 2 rings (SSSR count). The molecule has 0 aromatic carbocycles. The third kappa shape index (κ3) is 4.08. The Morgan fingerprint density at radius 1 is 1.42 bits per heavy atom. The summed E-state index contributed by atoms with van der Waals surface area (Å²) >= 11 is 0. The Hall–Kier alpha value is -0.810. The van der Waals surface area contributed by atoms with Crippen molar-refractivity contribution in [3.8, 4) is 0 Å². The Morgan fingerprint density at radius 3 is 2.74 bits per heavy atom. The first-order chi connectivity index (χ1) is 9.18. The number of carbonyl (C=O) groups excluding carboxylic acids is 1. The van der Waals surface area contributed by atoms with Crippen molar-refractivity contribution < 1.29 is 9.53 Å². The van der Waals surface area contributed by atoms with Crippen LogP contribution in [-0.2, 0) is 4.74 Å². The van der Waals surface area contributed by atoms with Crippen LogP contribution < -0.4 is 5.32 Å². The summed E-state index contributed by atoms with van der Waals surface area (Å²) in [4.78, 5) is 16.6. The highest BCUT2D eigenvalue weighted by Crippen LogP contribution is 2.15. The van der Waals surface area contributed by atoms with Crippen molar-refractivity contribution in [2.24, 2.45) is 5.92 Å². The zero-order valence-corrected chi connectivity index (χ0v) is 12.2. The highest BCUT2D eigenvalue weighted by Gasteiger charge is 2.27. The lowest BCUT2D eigenvalue weighted by Crippen LogP contribution is -2.52. The van der Waals surface area contributed by atoms with Crippen molar-refractivity contribution in [2.75, 3.05) is 45.9 Å². The van der Waals surface area contributed by atoms with Crippen LogP contribution in [0, 0.1) is 5.92 Å². The van der Waals surface area contributed by atoms with Crippen LogP contribution in [0.15, 0.2) is 0 Å². The number of hydrogen-bond donors (Lipinski definition) is 1. The normalized spacial score (nSPS) is 24.6. The van der Waals surface area contributed by atoms with E-state index < -0.39 is 0 Å². The molecule has 0 aliphatic carbocycles. The predicted molar refractivity (Wildman–Crippen MR) is 75.2 cm³/mol. The number of nitrogens with one attached hydrogen (secondary N) is 1. The molecule has 2 heterocycles. The number of ether oxygens (including phenoxy) is 1. The van der Waals surface area contributed by atoms with Gasteiger partial charge in [0.2, 0.25) is 0 Å². The van der Waals surface area contributed by atoms with Gasteiger partial charge in [0, 0.05) is 25.7 Å². The lowest BCUT2D eigenvalue weighted by molar-refractivity contribution is 0.0383. The molecule has 19 heavy (non-hydrogen) atoms. The maximum absolute atomic E-state index is 12.6. The van der Waals surface area contributed by atoms with Crippen LogP contribution in [0.2, 0.25) is 0 Å². The Kier molecular flexibility index (Phi) is 5.45. The topological polar surface area (TPSA) is 44.8 Å². The summed E-state index contributed by atoms with van der Waals surface area (Å²) in [6.45, 7) is 10.0. The van der Waals surface area contributed by atoms with E-state index >= 15 is 0 Å². The molecule has 2 amide bonds. The number of carbonyl (C=O) groups is 1. The Labute approximate surface area is 116 Å². The number of hydrogen-bond acceptors (Lipinski definition) is 3. The van der Waals surface area contributed by atoms with Crippen LogP contribution in [0.1, 0.15) is 26.7 Å². The second kappa shape index (κ2) is 7.10. The summed E-state index contributed by atoms with van der Waals surface area (Å²) in [5.74, 6) is 0.598. The van der Waals surface area contributed by atoms with Crippen LogP contribution in [0.3, 0.4) is 0 Å². The number of urea groups is 1. The van der Waals surface area contributed by atoms with Gasteiger partial charge in [-0.2, -0.15) is 0 Å². The molecule has 2 aliphatic heterocycles. The van der Waals surface area contributed by atoms with Crippen molar-refractivity contribution >= 4 is 6.03 Å². The van der Waals surface area contributed by atoms with Crippen LogP contribution in [0.5, 0.6) is 0 Å². The molecule has 0 bridgehead atoms. The smallest absolute Gasteiger partial charge is 0.320 e. The van der Waals surface area contributed by atoms with Gasteiger partial charge in [-0.3, -0.25) is 0 Å². The van der Waals surface area contributed by atoms with Crippen LogP contribution in [0.4, 0.5) is 4.79 Å². The quantitative estimate of drug-likeness (QED) is 0.836. The maximum Gasteiger partial charge on any atom is 0.320 e. The van der Waals surface area contributed by atoms with E-state index in [0.29, 0.717) is 19.1 Å². The molecule has 5 nitrogen and oxygen atoms in total. The van der Waals surface area contributed by atoms with E-state index in [1.165, 1.54) is 12.8 Å². The lowest BCUT2D eigenvalue weighted by atomic mass is 9.98. The molecule has 0 saturated carbocycles. The summed E-state index contributed by atoms with van der Waals surface area (Å²) in [5, 5.41) is 3.43. The molecule has 1 atom stereocenters. The highest BCUT2D eigenvalue weighted by atomic mass is 16.5. The summed E-state index contributed by atoms with van der Waals surface area (Å²) < 4.78 is 5.32. The maximum atomic E-state index is 12.6. The average molecular weight is 269 g/mol. The number of amides is 2. The van der Waals surface area contributed by atoms with Gasteiger partial charge in [0.15, 0.2) is 0 Å². The van der Waals surface area contributed by atoms with E-state index in [1.54, 1.807) is 0 Å². The molecule has 0 aromatic heterocycles. The minimum atomic E-state index is 0.184. The second-order valence-corrected chi connectivity index (χ2v) is 5.84. The minimum absolute atomic E-state index is 0.184. The standard InChI is InChI=1S/C14H27N3O2/c1-12(2)17(11-13-4-3-5-15-10-13)14(18)16-6-8-19-9-7-16/h12-13,15H,3-11H2,1-2H3. The molecular weight excluding hydrogens is 242 g/mol. The van der Waals surface area contributed by atoms with Gasteiger partial charge in [-0.05, 0) is 45.7 Å². The molecule has 110 valence electrons. The van der Waals surface area contributed by atoms with E-state index in [0.717, 1.165) is 32.7 Å². The van der Waals surface area contributed by atoms with Crippen LogP contribution in [-0.4, -0.2) is 67.8 Å². The van der Waals surface area contributed by atoms with Crippen molar-refractivity contribution in [3.05, 3.63) is 0 Å². The van der Waals surface area contributed by atoms with Crippen molar-refractivity contribution in [1.29, 1.82) is 0 Å². The molecular formula is C14H27N3O2. The van der Waals surface area contributed by atoms with Gasteiger partial charge in [-0.15, -0.1) is 0 Å². The second-order valence-electron chi connectivity index (χ2n) is 5.84. The molecule has 2 saturated heterocycles. The van der Waals surface area contributed by atoms with E-state index in [1.807, 2.05) is 9.80 Å². The largest absolute Gasteiger partial charge is 0.378 e. The van der Waals surface area contributed by atoms with E-state index in [9.17, 15) is 4.79 Å². The van der Waals surface area contributed by atoms with Crippen LogP contribution in [0.25, 0.3) is 0 Å². The molecule has 5 heteroatoms. The molecule has 1 N–H and O–H groups in total. The fourth-order valence-corrected chi connectivity index (χ4v) is 2.80. The van der Waals surface area contributed by atoms with Crippen molar-refractivity contribution in [3.63, 3.8) is 0 Å². The summed E-state index contributed by atoms with van der Waals surface area (Å²) in [6.07, 6.45) is 2.45. The zero-order chi connectivity index (χ0) is 13.7. The fraction of sp³-hybridized carbons (Fsp3) is 0.929. The number of rotatable bonds is 3. The average Bonchev–Trinajstić information content (AvgIpc) is 2.46. The highest BCUT2D eigenvalue weighted by molar-refractivity contribution is 5.74. The molecule has 0 spiro atoms. The van der Waals surface area contributed by atoms with Gasteiger partial charge >= 0.3 is 6.03 Å². The fourth-order valence-electron chi connectivity index (χ4n) is 2.80. The first kappa shape index (κ1) is 14.6. The number of piperidine rings is 1.